The average molecular weight is 185 g/mol. The third-order valence-corrected chi connectivity index (χ3v) is 1.92. The van der Waals surface area contributed by atoms with Gasteiger partial charge in [0.1, 0.15) is 0 Å². The lowest BCUT2D eigenvalue weighted by Crippen LogP contribution is -2.32. The van der Waals surface area contributed by atoms with E-state index in [1.165, 1.54) is 4.90 Å². The van der Waals surface area contributed by atoms with E-state index < -0.39 is 0 Å². The summed E-state index contributed by atoms with van der Waals surface area (Å²) in [4.78, 5) is 23.5. The van der Waals surface area contributed by atoms with E-state index in [-0.39, 0.29) is 17.9 Å². The Hall–Kier alpha value is -0.900. The number of ether oxygens (including phenoxy) is 1. The van der Waals surface area contributed by atoms with Gasteiger partial charge >= 0.3 is 0 Å². The van der Waals surface area contributed by atoms with Gasteiger partial charge in [-0.1, -0.05) is 0 Å². The minimum Gasteiger partial charge on any atom is -0.377 e. The number of carbonyl (C=O) groups is 2. The van der Waals surface area contributed by atoms with E-state index in [2.05, 4.69) is 0 Å². The number of nitrogens with zero attached hydrogens (tertiary/aromatic N) is 1. The van der Waals surface area contributed by atoms with Crippen LogP contribution in [0.4, 0.5) is 0 Å². The first kappa shape index (κ1) is 10.2. The van der Waals surface area contributed by atoms with E-state index in [0.29, 0.717) is 26.0 Å². The number of likely N-dealkylation sites (tertiary alicyclic amines) is 1. The maximum absolute atomic E-state index is 11.1. The van der Waals surface area contributed by atoms with Crippen molar-refractivity contribution >= 4 is 11.8 Å². The Morgan fingerprint density at radius 3 is 2.31 bits per heavy atom. The molecule has 4 heteroatoms. The van der Waals surface area contributed by atoms with Crippen LogP contribution in [0.5, 0.6) is 0 Å². The van der Waals surface area contributed by atoms with Crippen LogP contribution in [-0.2, 0) is 14.3 Å². The van der Waals surface area contributed by atoms with Crippen LogP contribution in [0, 0.1) is 0 Å². The molecule has 1 heterocycles. The lowest BCUT2D eigenvalue weighted by atomic mass is 10.4. The Morgan fingerprint density at radius 2 is 1.85 bits per heavy atom. The molecule has 1 saturated heterocycles. The largest absolute Gasteiger partial charge is 0.377 e. The second-order valence-corrected chi connectivity index (χ2v) is 3.36. The molecule has 0 unspecified atom stereocenters. The molecule has 0 atom stereocenters. The number of imide groups is 1. The van der Waals surface area contributed by atoms with Crippen LogP contribution in [0.3, 0.4) is 0 Å². The van der Waals surface area contributed by atoms with Gasteiger partial charge in [-0.25, -0.2) is 0 Å². The molecule has 4 nitrogen and oxygen atoms in total. The molecule has 0 bridgehead atoms. The maximum atomic E-state index is 11.1. The Morgan fingerprint density at radius 1 is 1.31 bits per heavy atom. The van der Waals surface area contributed by atoms with Crippen LogP contribution in [0.1, 0.15) is 26.7 Å². The van der Waals surface area contributed by atoms with E-state index in [1.54, 1.807) is 0 Å². The third-order valence-electron chi connectivity index (χ3n) is 1.92. The van der Waals surface area contributed by atoms with Crippen molar-refractivity contribution in [2.24, 2.45) is 0 Å². The summed E-state index contributed by atoms with van der Waals surface area (Å²) in [6, 6.07) is 0. The molecule has 0 radical (unpaired) electrons. The molecular formula is C9H15NO3. The van der Waals surface area contributed by atoms with Crippen LogP contribution < -0.4 is 0 Å². The monoisotopic (exact) mass is 185 g/mol. The van der Waals surface area contributed by atoms with E-state index in [0.717, 1.165) is 0 Å². The van der Waals surface area contributed by atoms with Crippen molar-refractivity contribution in [2.75, 3.05) is 13.2 Å². The van der Waals surface area contributed by atoms with Crippen LogP contribution in [-0.4, -0.2) is 36.0 Å². The summed E-state index contributed by atoms with van der Waals surface area (Å²) in [6.45, 7) is 4.69. The molecular weight excluding hydrogens is 170 g/mol. The van der Waals surface area contributed by atoms with Crippen molar-refractivity contribution in [1.29, 1.82) is 0 Å². The quantitative estimate of drug-likeness (QED) is 0.601. The smallest absolute Gasteiger partial charge is 0.229 e. The normalized spacial score (nSPS) is 17.6. The van der Waals surface area contributed by atoms with Crippen molar-refractivity contribution in [2.45, 2.75) is 32.8 Å². The maximum Gasteiger partial charge on any atom is 0.229 e. The Labute approximate surface area is 77.8 Å². The summed E-state index contributed by atoms with van der Waals surface area (Å²) in [5, 5.41) is 0. The molecule has 0 aromatic rings. The van der Waals surface area contributed by atoms with Crippen molar-refractivity contribution in [1.82, 2.24) is 4.90 Å². The average Bonchev–Trinajstić information content (AvgIpc) is 2.34. The Kier molecular flexibility index (Phi) is 3.42. The van der Waals surface area contributed by atoms with Gasteiger partial charge in [-0.05, 0) is 13.8 Å². The molecule has 0 spiro atoms. The molecule has 1 fully saturated rings. The number of amides is 2. The minimum atomic E-state index is -0.0719. The predicted octanol–water partition coefficient (Wildman–Crippen LogP) is 0.560. The van der Waals surface area contributed by atoms with E-state index in [9.17, 15) is 9.59 Å². The second kappa shape index (κ2) is 4.37. The molecule has 1 aliphatic rings. The van der Waals surface area contributed by atoms with Crippen molar-refractivity contribution < 1.29 is 14.3 Å². The summed E-state index contributed by atoms with van der Waals surface area (Å²) >= 11 is 0. The van der Waals surface area contributed by atoms with Gasteiger partial charge in [0.25, 0.3) is 0 Å². The molecule has 13 heavy (non-hydrogen) atoms. The van der Waals surface area contributed by atoms with Crippen molar-refractivity contribution in [3.05, 3.63) is 0 Å². The van der Waals surface area contributed by atoms with Crippen LogP contribution >= 0.6 is 0 Å². The van der Waals surface area contributed by atoms with Gasteiger partial charge in [0, 0.05) is 12.8 Å². The predicted molar refractivity (Wildman–Crippen MR) is 47.0 cm³/mol. The van der Waals surface area contributed by atoms with Gasteiger partial charge in [-0.15, -0.1) is 0 Å². The van der Waals surface area contributed by atoms with Crippen molar-refractivity contribution in [3.8, 4) is 0 Å². The highest BCUT2D eigenvalue weighted by molar-refractivity contribution is 6.01. The summed E-state index contributed by atoms with van der Waals surface area (Å²) < 4.78 is 5.25. The summed E-state index contributed by atoms with van der Waals surface area (Å²) in [5.74, 6) is -0.144. The first-order valence-corrected chi connectivity index (χ1v) is 4.56. The molecule has 0 N–H and O–H groups in total. The summed E-state index contributed by atoms with van der Waals surface area (Å²) in [5.41, 5.74) is 0. The molecule has 74 valence electrons. The van der Waals surface area contributed by atoms with Crippen LogP contribution in [0.2, 0.25) is 0 Å². The van der Waals surface area contributed by atoms with Gasteiger partial charge < -0.3 is 4.74 Å². The number of carbonyl (C=O) groups excluding carboxylic acids is 2. The fourth-order valence-corrected chi connectivity index (χ4v) is 1.25. The minimum absolute atomic E-state index is 0.0719. The van der Waals surface area contributed by atoms with Gasteiger partial charge in [-0.2, -0.15) is 0 Å². The first-order valence-electron chi connectivity index (χ1n) is 4.56. The van der Waals surface area contributed by atoms with Crippen LogP contribution in [0.25, 0.3) is 0 Å². The third kappa shape index (κ3) is 2.81. The highest BCUT2D eigenvalue weighted by atomic mass is 16.5. The van der Waals surface area contributed by atoms with Crippen LogP contribution in [0.15, 0.2) is 0 Å². The van der Waals surface area contributed by atoms with Gasteiger partial charge in [0.05, 0.1) is 19.3 Å². The zero-order valence-corrected chi connectivity index (χ0v) is 8.08. The molecule has 1 rings (SSSR count). The highest BCUT2D eigenvalue weighted by Crippen LogP contribution is 2.10. The zero-order valence-electron chi connectivity index (χ0n) is 8.08. The zero-order chi connectivity index (χ0) is 9.84. The number of hydrogen-bond donors (Lipinski definition) is 0. The van der Waals surface area contributed by atoms with E-state index in [1.807, 2.05) is 13.8 Å². The first-order chi connectivity index (χ1) is 6.11. The fraction of sp³-hybridized carbons (Fsp3) is 0.778. The van der Waals surface area contributed by atoms with Gasteiger partial charge in [0.15, 0.2) is 0 Å². The SMILES string of the molecule is CC(C)OCCN1C(=O)CCC1=O. The van der Waals surface area contributed by atoms with E-state index >= 15 is 0 Å². The molecule has 2 amide bonds. The molecule has 0 aromatic heterocycles. The number of rotatable bonds is 4. The van der Waals surface area contributed by atoms with Gasteiger partial charge in [0.2, 0.25) is 11.8 Å². The van der Waals surface area contributed by atoms with Gasteiger partial charge in [-0.3, -0.25) is 14.5 Å². The lowest BCUT2D eigenvalue weighted by molar-refractivity contribution is -0.139. The molecule has 1 aliphatic heterocycles. The highest BCUT2D eigenvalue weighted by Gasteiger charge is 2.28. The lowest BCUT2D eigenvalue weighted by Gasteiger charge is -2.14. The fourth-order valence-electron chi connectivity index (χ4n) is 1.25. The molecule has 0 aliphatic carbocycles. The molecule has 0 saturated carbocycles. The Bertz CT molecular complexity index is 197. The second-order valence-electron chi connectivity index (χ2n) is 3.36. The van der Waals surface area contributed by atoms with E-state index in [4.69, 9.17) is 4.74 Å². The number of hydrogen-bond acceptors (Lipinski definition) is 3. The van der Waals surface area contributed by atoms with Crippen molar-refractivity contribution in [3.63, 3.8) is 0 Å². The Balaban J connectivity index is 2.27. The summed E-state index contributed by atoms with van der Waals surface area (Å²) in [6.07, 6.45) is 0.869. The summed E-state index contributed by atoms with van der Waals surface area (Å²) in [7, 11) is 0. The standard InChI is InChI=1S/C9H15NO3/c1-7(2)13-6-5-10-8(11)3-4-9(10)12/h7H,3-6H2,1-2H3. The topological polar surface area (TPSA) is 46.6 Å². The molecule has 0 aromatic carbocycles.